The number of carbonyl (C=O) groups is 2. The van der Waals surface area contributed by atoms with Gasteiger partial charge in [0.2, 0.25) is 5.91 Å². The van der Waals surface area contributed by atoms with Crippen LogP contribution < -0.4 is 0 Å². The third-order valence-corrected chi connectivity index (χ3v) is 3.30. The van der Waals surface area contributed by atoms with Crippen molar-refractivity contribution in [1.29, 1.82) is 0 Å². The van der Waals surface area contributed by atoms with Gasteiger partial charge >= 0.3 is 6.09 Å². The first kappa shape index (κ1) is 13.8. The summed E-state index contributed by atoms with van der Waals surface area (Å²) in [6, 6.07) is 0. The molecular weight excluding hydrogens is 250 g/mol. The van der Waals surface area contributed by atoms with Crippen molar-refractivity contribution in [2.75, 3.05) is 26.7 Å². The quantitative estimate of drug-likeness (QED) is 0.816. The molecule has 1 saturated heterocycles. The minimum absolute atomic E-state index is 0.0537. The highest BCUT2D eigenvalue weighted by Crippen LogP contribution is 2.17. The van der Waals surface area contributed by atoms with Crippen molar-refractivity contribution in [3.05, 3.63) is 0 Å². The van der Waals surface area contributed by atoms with E-state index in [-0.39, 0.29) is 25.0 Å². The van der Waals surface area contributed by atoms with Crippen LogP contribution in [0.4, 0.5) is 4.79 Å². The zero-order valence-electron chi connectivity index (χ0n) is 11.0. The van der Waals surface area contributed by atoms with Gasteiger partial charge in [0, 0.05) is 13.7 Å². The molecule has 2 rings (SSSR count). The minimum atomic E-state index is -1.02. The second-order valence-electron chi connectivity index (χ2n) is 4.95. The average molecular weight is 269 g/mol. The number of carboxylic acid groups (broad SMARTS) is 1. The smallest absolute Gasteiger partial charge is 0.407 e. The lowest BCUT2D eigenvalue weighted by Crippen LogP contribution is -2.34. The molecule has 0 aliphatic carbocycles. The fraction of sp³-hybridized carbons (Fsp3) is 0.750. The Labute approximate surface area is 111 Å². The molecule has 0 aromatic carbocycles. The average Bonchev–Trinajstić information content (AvgIpc) is 2.71. The molecule has 0 radical (unpaired) electrons. The molecule has 0 spiro atoms. The van der Waals surface area contributed by atoms with Gasteiger partial charge in [-0.15, -0.1) is 0 Å². The predicted molar refractivity (Wildman–Crippen MR) is 68.0 cm³/mol. The van der Waals surface area contributed by atoms with Crippen LogP contribution in [0.15, 0.2) is 5.10 Å². The number of carbonyl (C=O) groups excluding carboxylic acids is 1. The van der Waals surface area contributed by atoms with E-state index in [1.54, 1.807) is 0 Å². The molecule has 106 valence electrons. The van der Waals surface area contributed by atoms with Crippen LogP contribution in [0, 0.1) is 0 Å². The summed E-state index contributed by atoms with van der Waals surface area (Å²) in [6.45, 7) is 1.38. The maximum Gasteiger partial charge on any atom is 0.407 e. The lowest BCUT2D eigenvalue weighted by atomic mass is 10.1. The summed E-state index contributed by atoms with van der Waals surface area (Å²) in [5, 5.41) is 14.4. The van der Waals surface area contributed by atoms with E-state index in [1.807, 2.05) is 0 Å². The first-order valence-electron chi connectivity index (χ1n) is 6.48. The van der Waals surface area contributed by atoms with E-state index in [0.29, 0.717) is 12.3 Å². The fourth-order valence-electron chi connectivity index (χ4n) is 2.24. The number of hydrazone groups is 1. The van der Waals surface area contributed by atoms with Gasteiger partial charge in [-0.05, 0) is 19.3 Å². The Morgan fingerprint density at radius 1 is 1.58 bits per heavy atom. The third kappa shape index (κ3) is 3.66. The highest BCUT2D eigenvalue weighted by atomic mass is 16.5. The minimum Gasteiger partial charge on any atom is -0.465 e. The molecule has 1 N–H and O–H groups in total. The van der Waals surface area contributed by atoms with Crippen LogP contribution in [-0.4, -0.2) is 65.6 Å². The van der Waals surface area contributed by atoms with Crippen LogP contribution >= 0.6 is 0 Å². The van der Waals surface area contributed by atoms with E-state index in [9.17, 15) is 9.59 Å². The molecule has 0 bridgehead atoms. The number of hydrogen-bond donors (Lipinski definition) is 1. The molecule has 19 heavy (non-hydrogen) atoms. The molecule has 7 heteroatoms. The number of nitrogens with zero attached hydrogens (tertiary/aromatic N) is 3. The van der Waals surface area contributed by atoms with Crippen molar-refractivity contribution in [2.24, 2.45) is 5.10 Å². The Morgan fingerprint density at radius 2 is 2.37 bits per heavy atom. The van der Waals surface area contributed by atoms with E-state index in [0.717, 1.165) is 30.8 Å². The molecule has 0 aromatic heterocycles. The van der Waals surface area contributed by atoms with E-state index in [4.69, 9.17) is 9.84 Å². The maximum absolute atomic E-state index is 11.8. The van der Waals surface area contributed by atoms with Crippen LogP contribution in [0.3, 0.4) is 0 Å². The van der Waals surface area contributed by atoms with Gasteiger partial charge in [-0.3, -0.25) is 4.79 Å². The van der Waals surface area contributed by atoms with Gasteiger partial charge in [-0.2, -0.15) is 5.10 Å². The molecule has 1 fully saturated rings. The molecule has 7 nitrogen and oxygen atoms in total. The van der Waals surface area contributed by atoms with Gasteiger partial charge in [0.1, 0.15) is 0 Å². The lowest BCUT2D eigenvalue weighted by Gasteiger charge is -2.25. The topological polar surface area (TPSA) is 82.4 Å². The Bertz CT molecular complexity index is 390. The monoisotopic (exact) mass is 269 g/mol. The Balaban J connectivity index is 1.88. The van der Waals surface area contributed by atoms with Crippen LogP contribution in [0.1, 0.15) is 25.7 Å². The highest BCUT2D eigenvalue weighted by Gasteiger charge is 2.28. The van der Waals surface area contributed by atoms with Crippen molar-refractivity contribution < 1.29 is 19.4 Å². The van der Waals surface area contributed by atoms with Gasteiger partial charge < -0.3 is 14.7 Å². The largest absolute Gasteiger partial charge is 0.465 e. The number of amides is 2. The molecule has 0 aromatic rings. The van der Waals surface area contributed by atoms with E-state index in [2.05, 4.69) is 5.10 Å². The molecule has 2 amide bonds. The van der Waals surface area contributed by atoms with Gasteiger partial charge in [0.25, 0.3) is 0 Å². The summed E-state index contributed by atoms with van der Waals surface area (Å²) >= 11 is 0. The predicted octanol–water partition coefficient (Wildman–Crippen LogP) is 0.754. The second-order valence-corrected chi connectivity index (χ2v) is 4.95. The SMILES string of the molecule is CN(CC1=NN(CC2CCCCO2)C(=O)C1)C(=O)O. The van der Waals surface area contributed by atoms with Crippen LogP contribution in [0.2, 0.25) is 0 Å². The van der Waals surface area contributed by atoms with Crippen molar-refractivity contribution in [2.45, 2.75) is 31.8 Å². The van der Waals surface area contributed by atoms with Gasteiger partial charge in [0.15, 0.2) is 0 Å². The number of rotatable bonds is 4. The van der Waals surface area contributed by atoms with Crippen LogP contribution in [-0.2, 0) is 9.53 Å². The summed E-state index contributed by atoms with van der Waals surface area (Å²) in [6.07, 6.45) is 2.36. The first-order valence-corrected chi connectivity index (χ1v) is 6.48. The second kappa shape index (κ2) is 6.01. The van der Waals surface area contributed by atoms with Crippen molar-refractivity contribution in [3.8, 4) is 0 Å². The van der Waals surface area contributed by atoms with Gasteiger partial charge in [0.05, 0.1) is 31.3 Å². The van der Waals surface area contributed by atoms with Crippen LogP contribution in [0.5, 0.6) is 0 Å². The number of hydrogen-bond acceptors (Lipinski definition) is 4. The molecule has 1 unspecified atom stereocenters. The Hall–Kier alpha value is -1.63. The normalized spacial score (nSPS) is 23.4. The molecule has 2 heterocycles. The van der Waals surface area contributed by atoms with Crippen molar-refractivity contribution in [3.63, 3.8) is 0 Å². The van der Waals surface area contributed by atoms with E-state index >= 15 is 0 Å². The molecule has 2 aliphatic heterocycles. The standard InChI is InChI=1S/C12H19N3O4/c1-14(12(17)18)7-9-6-11(16)15(13-9)8-10-4-2-3-5-19-10/h10H,2-8H2,1H3,(H,17,18). The number of ether oxygens (including phenoxy) is 1. The van der Waals surface area contributed by atoms with Crippen LogP contribution in [0.25, 0.3) is 0 Å². The highest BCUT2D eigenvalue weighted by molar-refractivity contribution is 6.06. The molecule has 2 aliphatic rings. The zero-order chi connectivity index (χ0) is 13.8. The van der Waals surface area contributed by atoms with Gasteiger partial charge in [-0.25, -0.2) is 9.80 Å². The summed E-state index contributed by atoms with van der Waals surface area (Å²) in [5.74, 6) is -0.0806. The lowest BCUT2D eigenvalue weighted by molar-refractivity contribution is -0.131. The summed E-state index contributed by atoms with van der Waals surface area (Å²) in [5.41, 5.74) is 0.589. The Kier molecular flexibility index (Phi) is 4.36. The maximum atomic E-state index is 11.8. The van der Waals surface area contributed by atoms with Gasteiger partial charge in [-0.1, -0.05) is 0 Å². The van der Waals surface area contributed by atoms with Crippen molar-refractivity contribution in [1.82, 2.24) is 9.91 Å². The zero-order valence-corrected chi connectivity index (χ0v) is 11.0. The van der Waals surface area contributed by atoms with E-state index in [1.165, 1.54) is 12.1 Å². The molecule has 0 saturated carbocycles. The summed E-state index contributed by atoms with van der Waals surface area (Å²) in [7, 11) is 1.46. The Morgan fingerprint density at radius 3 is 3.00 bits per heavy atom. The molecular formula is C12H19N3O4. The summed E-state index contributed by atoms with van der Waals surface area (Å²) in [4.78, 5) is 23.6. The van der Waals surface area contributed by atoms with E-state index < -0.39 is 6.09 Å². The third-order valence-electron chi connectivity index (χ3n) is 3.30. The fourth-order valence-corrected chi connectivity index (χ4v) is 2.24. The van der Waals surface area contributed by atoms with Crippen molar-refractivity contribution >= 4 is 17.7 Å². The summed E-state index contributed by atoms with van der Waals surface area (Å²) < 4.78 is 5.58. The first-order chi connectivity index (χ1) is 9.06. The molecule has 1 atom stereocenters.